The number of hydrogen-bond acceptors (Lipinski definition) is 5. The summed E-state index contributed by atoms with van der Waals surface area (Å²) in [5.74, 6) is 1.84. The van der Waals surface area contributed by atoms with Crippen molar-refractivity contribution in [3.05, 3.63) is 42.5 Å². The fourth-order valence-electron chi connectivity index (χ4n) is 1.47. The van der Waals surface area contributed by atoms with Crippen LogP contribution < -0.4 is 15.4 Å². The summed E-state index contributed by atoms with van der Waals surface area (Å²) in [5, 5.41) is 6.04. The van der Waals surface area contributed by atoms with Crippen molar-refractivity contribution in [3.8, 4) is 5.75 Å². The molecule has 5 nitrogen and oxygen atoms in total. The van der Waals surface area contributed by atoms with Gasteiger partial charge >= 0.3 is 0 Å². The lowest BCUT2D eigenvalue weighted by Crippen LogP contribution is -2.12. The Morgan fingerprint density at radius 3 is 2.63 bits per heavy atom. The number of ether oxygens (including phenoxy) is 1. The number of nitrogens with one attached hydrogen (secondary N) is 2. The second-order valence-corrected chi connectivity index (χ2v) is 3.77. The van der Waals surface area contributed by atoms with Crippen LogP contribution >= 0.6 is 0 Å². The molecule has 0 fully saturated rings. The van der Waals surface area contributed by atoms with Gasteiger partial charge in [0.15, 0.2) is 0 Å². The SMILES string of the molecule is CNc1cc(NCCOc2ccc(F)cc2)ncn1. The second-order valence-electron chi connectivity index (χ2n) is 3.77. The van der Waals surface area contributed by atoms with Crippen LogP contribution in [0.15, 0.2) is 36.7 Å². The summed E-state index contributed by atoms with van der Waals surface area (Å²) in [5.41, 5.74) is 0. The smallest absolute Gasteiger partial charge is 0.131 e. The van der Waals surface area contributed by atoms with E-state index in [0.29, 0.717) is 18.9 Å². The highest BCUT2D eigenvalue weighted by atomic mass is 19.1. The van der Waals surface area contributed by atoms with Gasteiger partial charge in [0.05, 0.1) is 6.54 Å². The third kappa shape index (κ3) is 4.09. The number of halogens is 1. The molecule has 100 valence electrons. The van der Waals surface area contributed by atoms with E-state index in [1.165, 1.54) is 18.5 Å². The van der Waals surface area contributed by atoms with E-state index in [0.717, 1.165) is 11.6 Å². The molecule has 19 heavy (non-hydrogen) atoms. The van der Waals surface area contributed by atoms with E-state index in [1.807, 2.05) is 0 Å². The van der Waals surface area contributed by atoms with E-state index < -0.39 is 0 Å². The van der Waals surface area contributed by atoms with Gasteiger partial charge in [0, 0.05) is 13.1 Å². The predicted molar refractivity (Wildman–Crippen MR) is 72.0 cm³/mol. The highest BCUT2D eigenvalue weighted by molar-refractivity contribution is 5.45. The molecule has 0 atom stereocenters. The molecule has 0 saturated heterocycles. The van der Waals surface area contributed by atoms with Crippen molar-refractivity contribution >= 4 is 11.6 Å². The summed E-state index contributed by atoms with van der Waals surface area (Å²) in [6, 6.07) is 7.73. The van der Waals surface area contributed by atoms with Crippen molar-refractivity contribution in [2.75, 3.05) is 30.8 Å². The highest BCUT2D eigenvalue weighted by Gasteiger charge is 1.97. The molecule has 0 unspecified atom stereocenters. The first-order valence-electron chi connectivity index (χ1n) is 5.90. The Labute approximate surface area is 110 Å². The number of anilines is 2. The van der Waals surface area contributed by atoms with Crippen molar-refractivity contribution < 1.29 is 9.13 Å². The Morgan fingerprint density at radius 1 is 1.16 bits per heavy atom. The van der Waals surface area contributed by atoms with E-state index in [9.17, 15) is 4.39 Å². The fourth-order valence-corrected chi connectivity index (χ4v) is 1.47. The lowest BCUT2D eigenvalue weighted by atomic mass is 10.3. The van der Waals surface area contributed by atoms with Crippen molar-refractivity contribution in [1.82, 2.24) is 9.97 Å². The molecule has 1 aromatic heterocycles. The Balaban J connectivity index is 1.75. The molecule has 0 saturated carbocycles. The lowest BCUT2D eigenvalue weighted by molar-refractivity contribution is 0.332. The first-order chi connectivity index (χ1) is 9.28. The maximum atomic E-state index is 12.7. The van der Waals surface area contributed by atoms with Gasteiger partial charge in [-0.15, -0.1) is 0 Å². The number of benzene rings is 1. The van der Waals surface area contributed by atoms with Gasteiger partial charge in [-0.1, -0.05) is 0 Å². The molecule has 2 rings (SSSR count). The predicted octanol–water partition coefficient (Wildman–Crippen LogP) is 2.15. The van der Waals surface area contributed by atoms with Crippen molar-refractivity contribution in [3.63, 3.8) is 0 Å². The van der Waals surface area contributed by atoms with Crippen LogP contribution in [0.3, 0.4) is 0 Å². The zero-order chi connectivity index (χ0) is 13.5. The van der Waals surface area contributed by atoms with Gasteiger partial charge in [-0.25, -0.2) is 14.4 Å². The summed E-state index contributed by atoms with van der Waals surface area (Å²) >= 11 is 0. The number of hydrogen-bond donors (Lipinski definition) is 2. The molecule has 0 aliphatic heterocycles. The first-order valence-corrected chi connectivity index (χ1v) is 5.90. The van der Waals surface area contributed by atoms with Crippen LogP contribution in [-0.4, -0.2) is 30.2 Å². The summed E-state index contributed by atoms with van der Waals surface area (Å²) in [7, 11) is 1.80. The molecule has 0 aliphatic rings. The Hall–Kier alpha value is -2.37. The lowest BCUT2D eigenvalue weighted by Gasteiger charge is -2.08. The quantitative estimate of drug-likeness (QED) is 0.781. The molecule has 0 spiro atoms. The number of nitrogens with zero attached hydrogens (tertiary/aromatic N) is 2. The first kappa shape index (κ1) is 13.1. The zero-order valence-electron chi connectivity index (χ0n) is 10.6. The molecule has 1 heterocycles. The van der Waals surface area contributed by atoms with Crippen LogP contribution in [0, 0.1) is 5.82 Å². The Bertz CT molecular complexity index is 518. The molecule has 6 heteroatoms. The van der Waals surface area contributed by atoms with Crippen LogP contribution in [0.4, 0.5) is 16.0 Å². The summed E-state index contributed by atoms with van der Waals surface area (Å²) in [6.07, 6.45) is 1.48. The van der Waals surface area contributed by atoms with Crippen molar-refractivity contribution in [2.24, 2.45) is 0 Å². The van der Waals surface area contributed by atoms with Gasteiger partial charge in [0.2, 0.25) is 0 Å². The van der Waals surface area contributed by atoms with E-state index in [1.54, 1.807) is 25.2 Å². The van der Waals surface area contributed by atoms with Crippen molar-refractivity contribution in [1.29, 1.82) is 0 Å². The fraction of sp³-hybridized carbons (Fsp3) is 0.231. The third-order valence-corrected chi connectivity index (χ3v) is 2.41. The van der Waals surface area contributed by atoms with E-state index >= 15 is 0 Å². The molecular weight excluding hydrogens is 247 g/mol. The molecule has 2 N–H and O–H groups in total. The third-order valence-electron chi connectivity index (χ3n) is 2.41. The van der Waals surface area contributed by atoms with Gasteiger partial charge in [0.1, 0.15) is 36.1 Å². The van der Waals surface area contributed by atoms with Crippen molar-refractivity contribution in [2.45, 2.75) is 0 Å². The highest BCUT2D eigenvalue weighted by Crippen LogP contribution is 2.11. The molecule has 0 amide bonds. The minimum atomic E-state index is -0.272. The molecule has 2 aromatic rings. The average Bonchev–Trinajstić information content (AvgIpc) is 2.46. The Morgan fingerprint density at radius 2 is 1.89 bits per heavy atom. The minimum Gasteiger partial charge on any atom is -0.492 e. The maximum absolute atomic E-state index is 12.7. The van der Waals surface area contributed by atoms with Crippen LogP contribution in [-0.2, 0) is 0 Å². The molecule has 0 bridgehead atoms. The average molecular weight is 262 g/mol. The minimum absolute atomic E-state index is 0.272. The van der Waals surface area contributed by atoms with E-state index in [2.05, 4.69) is 20.6 Å². The van der Waals surface area contributed by atoms with E-state index in [-0.39, 0.29) is 5.82 Å². The largest absolute Gasteiger partial charge is 0.492 e. The summed E-state index contributed by atoms with van der Waals surface area (Å²) in [4.78, 5) is 8.09. The number of rotatable bonds is 6. The zero-order valence-corrected chi connectivity index (χ0v) is 10.6. The molecule has 1 aromatic carbocycles. The van der Waals surface area contributed by atoms with E-state index in [4.69, 9.17) is 4.74 Å². The van der Waals surface area contributed by atoms with Crippen LogP contribution in [0.25, 0.3) is 0 Å². The maximum Gasteiger partial charge on any atom is 0.131 e. The Kier molecular flexibility index (Phi) is 4.49. The van der Waals surface area contributed by atoms with Gasteiger partial charge in [-0.05, 0) is 24.3 Å². The summed E-state index contributed by atoms with van der Waals surface area (Å²) in [6.45, 7) is 1.06. The van der Waals surface area contributed by atoms with Gasteiger partial charge in [0.25, 0.3) is 0 Å². The van der Waals surface area contributed by atoms with Gasteiger partial charge in [-0.2, -0.15) is 0 Å². The normalized spacial score (nSPS) is 10.0. The van der Waals surface area contributed by atoms with Crippen LogP contribution in [0.1, 0.15) is 0 Å². The summed E-state index contributed by atoms with van der Waals surface area (Å²) < 4.78 is 18.1. The monoisotopic (exact) mass is 262 g/mol. The molecule has 0 radical (unpaired) electrons. The second kappa shape index (κ2) is 6.53. The van der Waals surface area contributed by atoms with Gasteiger partial charge in [-0.3, -0.25) is 0 Å². The van der Waals surface area contributed by atoms with Crippen LogP contribution in [0.2, 0.25) is 0 Å². The van der Waals surface area contributed by atoms with Crippen LogP contribution in [0.5, 0.6) is 5.75 Å². The number of aromatic nitrogens is 2. The molecular formula is C13H15FN4O. The topological polar surface area (TPSA) is 59.1 Å². The standard InChI is InChI=1S/C13H15FN4O/c1-15-12-8-13(18-9-17-12)16-6-7-19-11-4-2-10(14)3-5-11/h2-5,8-9H,6-7H2,1H3,(H2,15,16,17,18). The van der Waals surface area contributed by atoms with Gasteiger partial charge < -0.3 is 15.4 Å². The molecule has 0 aliphatic carbocycles.